The number of anilines is 3. The highest BCUT2D eigenvalue weighted by atomic mass is 19.4. The second-order valence-electron chi connectivity index (χ2n) is 7.00. The minimum Gasteiger partial charge on any atom is -0.495 e. The predicted molar refractivity (Wildman–Crippen MR) is 118 cm³/mol. The van der Waals surface area contributed by atoms with Crippen molar-refractivity contribution in [1.82, 2.24) is 19.4 Å². The number of benzene rings is 1. The highest BCUT2D eigenvalue weighted by Gasteiger charge is 2.35. The molecule has 0 radical (unpaired) electrons. The summed E-state index contributed by atoms with van der Waals surface area (Å²) in [5.74, 6) is -0.351. The number of halogens is 3. The first kappa shape index (κ1) is 23.1. The summed E-state index contributed by atoms with van der Waals surface area (Å²) >= 11 is 0. The number of nitrogens with one attached hydrogen (secondary N) is 2. The van der Waals surface area contributed by atoms with Gasteiger partial charge >= 0.3 is 6.18 Å². The van der Waals surface area contributed by atoms with Crippen LogP contribution in [0.1, 0.15) is 18.8 Å². The van der Waals surface area contributed by atoms with Crippen LogP contribution in [-0.2, 0) is 13.2 Å². The van der Waals surface area contributed by atoms with Gasteiger partial charge in [0.1, 0.15) is 17.1 Å². The van der Waals surface area contributed by atoms with Crippen LogP contribution in [0.3, 0.4) is 0 Å². The van der Waals surface area contributed by atoms with Crippen LogP contribution in [0.2, 0.25) is 0 Å². The first-order valence-corrected chi connectivity index (χ1v) is 9.53. The van der Waals surface area contributed by atoms with E-state index in [9.17, 15) is 18.0 Å². The molecule has 3 rings (SSSR count). The van der Waals surface area contributed by atoms with Gasteiger partial charge in [0.05, 0.1) is 30.5 Å². The van der Waals surface area contributed by atoms with Crippen LogP contribution >= 0.6 is 0 Å². The Balaban J connectivity index is 0.00000289. The first-order chi connectivity index (χ1) is 15.1. The number of methoxy groups -OCH3 is 1. The number of carbonyl (C=O) groups excluding carboxylic acids is 1. The fourth-order valence-corrected chi connectivity index (χ4v) is 3.26. The van der Waals surface area contributed by atoms with E-state index >= 15 is 0 Å². The Kier molecular flexibility index (Phi) is 6.44. The maximum Gasteiger partial charge on any atom is 0.421 e. The molecule has 2 aromatic heterocycles. The molecular formula is C20H27F3N6O3. The molecule has 0 unspecified atom stereocenters. The molecule has 0 atom stereocenters. The summed E-state index contributed by atoms with van der Waals surface area (Å²) < 4.78 is 46.5. The summed E-state index contributed by atoms with van der Waals surface area (Å²) in [5.41, 5.74) is 0.526. The zero-order valence-corrected chi connectivity index (χ0v) is 17.9. The van der Waals surface area contributed by atoms with Gasteiger partial charge in [-0.05, 0) is 12.1 Å². The van der Waals surface area contributed by atoms with Crippen molar-refractivity contribution < 1.29 is 30.7 Å². The molecule has 32 heavy (non-hydrogen) atoms. The van der Waals surface area contributed by atoms with Gasteiger partial charge in [0, 0.05) is 48.3 Å². The standard InChI is InChI=1S/C20H23F3N6O3.2H2/c1-24-17-13(20(21,22)23)9-25-19(27-17)26-14-8-15-11(7-16(14)32-4)12(10-29(15)3)18(31)28(2)5-6-30;;/h7-10,30H,5-6H2,1-4H3,(H2,24,25,26,27);2*1H. The van der Waals surface area contributed by atoms with E-state index < -0.39 is 11.7 Å². The Morgan fingerprint density at radius 1 is 1.38 bits per heavy atom. The topological polar surface area (TPSA) is 105 Å². The van der Waals surface area contributed by atoms with Gasteiger partial charge in [0.2, 0.25) is 5.95 Å². The SMILES string of the molecule is CNc1nc(Nc2cc3c(cc2OC)c(C(=O)N(C)CCO)cn3C)ncc1C(F)(F)F.[HH].[HH]. The Hall–Kier alpha value is -3.54. The quantitative estimate of drug-likeness (QED) is 0.501. The third-order valence-corrected chi connectivity index (χ3v) is 4.90. The molecule has 12 heteroatoms. The Labute approximate surface area is 184 Å². The van der Waals surface area contributed by atoms with Crippen LogP contribution < -0.4 is 15.4 Å². The van der Waals surface area contributed by atoms with E-state index in [4.69, 9.17) is 9.84 Å². The van der Waals surface area contributed by atoms with Crippen LogP contribution in [0.5, 0.6) is 5.75 Å². The van der Waals surface area contributed by atoms with E-state index in [0.29, 0.717) is 34.1 Å². The largest absolute Gasteiger partial charge is 0.495 e. The number of hydrogen-bond acceptors (Lipinski definition) is 7. The number of nitrogens with zero attached hydrogens (tertiary/aromatic N) is 4. The van der Waals surface area contributed by atoms with Crippen LogP contribution in [0.15, 0.2) is 24.5 Å². The molecule has 176 valence electrons. The molecule has 3 aromatic rings. The molecular weight excluding hydrogens is 429 g/mol. The Morgan fingerprint density at radius 2 is 2.09 bits per heavy atom. The number of aliphatic hydroxyl groups excluding tert-OH is 1. The molecule has 0 fully saturated rings. The highest BCUT2D eigenvalue weighted by Crippen LogP contribution is 2.36. The third-order valence-electron chi connectivity index (χ3n) is 4.90. The van der Waals surface area contributed by atoms with Crippen molar-refractivity contribution in [2.24, 2.45) is 7.05 Å². The molecule has 0 saturated heterocycles. The maximum atomic E-state index is 13.1. The van der Waals surface area contributed by atoms with Crippen molar-refractivity contribution in [1.29, 1.82) is 0 Å². The van der Waals surface area contributed by atoms with Crippen molar-refractivity contribution in [3.63, 3.8) is 0 Å². The number of amides is 1. The van der Waals surface area contributed by atoms with E-state index in [1.165, 1.54) is 19.1 Å². The first-order valence-electron chi connectivity index (χ1n) is 9.53. The molecule has 0 aliphatic rings. The zero-order chi connectivity index (χ0) is 23.6. The average Bonchev–Trinajstić information content (AvgIpc) is 3.07. The Morgan fingerprint density at radius 3 is 2.69 bits per heavy atom. The Bertz CT molecular complexity index is 1160. The van der Waals surface area contributed by atoms with Crippen molar-refractivity contribution in [3.05, 3.63) is 35.7 Å². The smallest absolute Gasteiger partial charge is 0.421 e. The third kappa shape index (κ3) is 4.40. The number of fused-ring (bicyclic) bond motifs is 1. The molecule has 9 nitrogen and oxygen atoms in total. The van der Waals surface area contributed by atoms with Gasteiger partial charge in [0.15, 0.2) is 0 Å². The van der Waals surface area contributed by atoms with Gasteiger partial charge in [-0.25, -0.2) is 4.98 Å². The van der Waals surface area contributed by atoms with Gasteiger partial charge in [-0.3, -0.25) is 4.79 Å². The summed E-state index contributed by atoms with van der Waals surface area (Å²) in [4.78, 5) is 21.8. The van der Waals surface area contributed by atoms with Gasteiger partial charge in [0.25, 0.3) is 5.91 Å². The minimum absolute atomic E-state index is 0. The van der Waals surface area contributed by atoms with Crippen molar-refractivity contribution in [2.75, 3.05) is 45.0 Å². The molecule has 0 aliphatic carbocycles. The normalized spacial score (nSPS) is 11.5. The fraction of sp³-hybridized carbons (Fsp3) is 0.350. The predicted octanol–water partition coefficient (Wildman–Crippen LogP) is 3.34. The van der Waals surface area contributed by atoms with Gasteiger partial charge in [-0.2, -0.15) is 18.2 Å². The lowest BCUT2D eigenvalue weighted by atomic mass is 10.1. The van der Waals surface area contributed by atoms with Crippen LogP contribution in [0, 0.1) is 0 Å². The second kappa shape index (κ2) is 8.91. The van der Waals surface area contributed by atoms with Crippen molar-refractivity contribution in [3.8, 4) is 5.75 Å². The van der Waals surface area contributed by atoms with Crippen LogP contribution in [-0.4, -0.2) is 64.8 Å². The number of likely N-dealkylation sites (N-methyl/N-ethyl adjacent to an activating group) is 1. The number of carbonyl (C=O) groups is 1. The number of ether oxygens (including phenoxy) is 1. The number of aliphatic hydroxyl groups is 1. The number of alkyl halides is 3. The fourth-order valence-electron chi connectivity index (χ4n) is 3.26. The minimum atomic E-state index is -4.59. The number of hydrogen-bond donors (Lipinski definition) is 3. The summed E-state index contributed by atoms with van der Waals surface area (Å²) in [6.45, 7) is 0.0250. The van der Waals surface area contributed by atoms with Crippen molar-refractivity contribution >= 4 is 34.3 Å². The summed E-state index contributed by atoms with van der Waals surface area (Å²) in [7, 11) is 6.12. The van der Waals surface area contributed by atoms with Crippen molar-refractivity contribution in [2.45, 2.75) is 6.18 Å². The second-order valence-corrected chi connectivity index (χ2v) is 7.00. The molecule has 0 bridgehead atoms. The average molecular weight is 456 g/mol. The number of aryl methyl sites for hydroxylation is 1. The van der Waals surface area contributed by atoms with Crippen LogP contribution in [0.4, 0.5) is 30.6 Å². The number of aromatic nitrogens is 3. The lowest BCUT2D eigenvalue weighted by Gasteiger charge is -2.16. The molecule has 0 spiro atoms. The van der Waals surface area contributed by atoms with E-state index in [2.05, 4.69) is 20.6 Å². The lowest BCUT2D eigenvalue weighted by Crippen LogP contribution is -2.29. The van der Waals surface area contributed by atoms with Gasteiger partial charge in [-0.1, -0.05) is 0 Å². The summed E-state index contributed by atoms with van der Waals surface area (Å²) in [5, 5.41) is 15.0. The van der Waals surface area contributed by atoms with Crippen LogP contribution in [0.25, 0.3) is 10.9 Å². The highest BCUT2D eigenvalue weighted by molar-refractivity contribution is 6.08. The summed E-state index contributed by atoms with van der Waals surface area (Å²) in [6.07, 6.45) is -2.23. The van der Waals surface area contributed by atoms with E-state index in [0.717, 1.165) is 0 Å². The maximum absolute atomic E-state index is 13.1. The molecule has 1 aromatic carbocycles. The lowest BCUT2D eigenvalue weighted by molar-refractivity contribution is -0.137. The number of rotatable bonds is 7. The zero-order valence-electron chi connectivity index (χ0n) is 17.9. The molecule has 0 aliphatic heterocycles. The molecule has 2 heterocycles. The van der Waals surface area contributed by atoms with E-state index in [1.54, 1.807) is 37.0 Å². The monoisotopic (exact) mass is 456 g/mol. The van der Waals surface area contributed by atoms with E-state index in [-0.39, 0.29) is 33.7 Å². The van der Waals surface area contributed by atoms with Gasteiger partial charge in [-0.15, -0.1) is 0 Å². The molecule has 0 saturated carbocycles. The van der Waals surface area contributed by atoms with Gasteiger partial charge < -0.3 is 29.9 Å². The molecule has 1 amide bonds. The molecule has 3 N–H and O–H groups in total. The van der Waals surface area contributed by atoms with E-state index in [1.807, 2.05) is 0 Å². The summed E-state index contributed by atoms with van der Waals surface area (Å²) in [6, 6.07) is 3.35.